The van der Waals surface area contributed by atoms with Gasteiger partial charge in [-0.3, -0.25) is 10.2 Å². The van der Waals surface area contributed by atoms with Crippen LogP contribution in [0.25, 0.3) is 0 Å². The summed E-state index contributed by atoms with van der Waals surface area (Å²) in [6, 6.07) is 9.68. The Labute approximate surface area is 101 Å². The normalized spacial score (nSPS) is 15.6. The molecule has 17 heavy (non-hydrogen) atoms. The van der Waals surface area contributed by atoms with Gasteiger partial charge >= 0.3 is 0 Å². The molecule has 0 bridgehead atoms. The Morgan fingerprint density at radius 2 is 1.88 bits per heavy atom. The Kier molecular flexibility index (Phi) is 3.88. The Bertz CT molecular complexity index is 396. The van der Waals surface area contributed by atoms with Gasteiger partial charge in [-0.05, 0) is 5.56 Å². The number of carbonyl (C=O) groups excluding carboxylic acids is 1. The summed E-state index contributed by atoms with van der Waals surface area (Å²) in [5.74, 6) is -0.129. The maximum Gasteiger partial charge on any atom is 0.267 e. The second-order valence-electron chi connectivity index (χ2n) is 4.18. The molecule has 1 aliphatic rings. The topological polar surface area (TPSA) is 56.2 Å². The predicted molar refractivity (Wildman–Crippen MR) is 67.3 cm³/mol. The van der Waals surface area contributed by atoms with Crippen molar-refractivity contribution in [2.45, 2.75) is 6.42 Å². The number of rotatable bonds is 3. The average Bonchev–Trinajstić information content (AvgIpc) is 2.40. The van der Waals surface area contributed by atoms with Gasteiger partial charge in [0.25, 0.3) is 5.91 Å². The number of carbonyl (C=O) groups is 1. The summed E-state index contributed by atoms with van der Waals surface area (Å²) in [6.45, 7) is 3.06. The number of hydrogen-bond acceptors (Lipinski definition) is 3. The molecular formula is C13H17N3O. The van der Waals surface area contributed by atoms with Crippen LogP contribution in [0.1, 0.15) is 5.56 Å². The Morgan fingerprint density at radius 3 is 2.53 bits per heavy atom. The van der Waals surface area contributed by atoms with Gasteiger partial charge in [0, 0.05) is 32.6 Å². The first-order valence-electron chi connectivity index (χ1n) is 5.89. The highest BCUT2D eigenvalue weighted by atomic mass is 16.2. The van der Waals surface area contributed by atoms with E-state index in [1.165, 1.54) is 0 Å². The standard InChI is InChI=1S/C13H17N3O/c14-12(10-11-4-2-1-3-5-11)13(17)16-8-6-15-7-9-16/h1-5,14-15H,6-10H2. The predicted octanol–water partition coefficient (Wildman–Crippen LogP) is 0.681. The third kappa shape index (κ3) is 3.14. The van der Waals surface area contributed by atoms with Gasteiger partial charge in [0.2, 0.25) is 0 Å². The van der Waals surface area contributed by atoms with Crippen molar-refractivity contribution in [2.75, 3.05) is 26.2 Å². The largest absolute Gasteiger partial charge is 0.335 e. The van der Waals surface area contributed by atoms with Crippen LogP contribution in [-0.2, 0) is 11.2 Å². The summed E-state index contributed by atoms with van der Waals surface area (Å²) in [5.41, 5.74) is 1.19. The van der Waals surface area contributed by atoms with E-state index in [0.717, 1.165) is 18.7 Å². The van der Waals surface area contributed by atoms with Crippen molar-refractivity contribution in [3.05, 3.63) is 35.9 Å². The van der Waals surface area contributed by atoms with Gasteiger partial charge < -0.3 is 10.2 Å². The minimum Gasteiger partial charge on any atom is -0.335 e. The minimum absolute atomic E-state index is 0.129. The third-order valence-electron chi connectivity index (χ3n) is 2.89. The quantitative estimate of drug-likeness (QED) is 0.752. The average molecular weight is 231 g/mol. The Hall–Kier alpha value is -1.68. The van der Waals surface area contributed by atoms with Crippen LogP contribution in [0.15, 0.2) is 30.3 Å². The van der Waals surface area contributed by atoms with Crippen molar-refractivity contribution >= 4 is 11.6 Å². The lowest BCUT2D eigenvalue weighted by Crippen LogP contribution is -2.48. The first kappa shape index (κ1) is 11.8. The van der Waals surface area contributed by atoms with Crippen LogP contribution < -0.4 is 5.32 Å². The molecule has 0 unspecified atom stereocenters. The minimum atomic E-state index is -0.129. The second kappa shape index (κ2) is 5.59. The molecule has 1 saturated heterocycles. The van der Waals surface area contributed by atoms with E-state index in [1.54, 1.807) is 4.90 Å². The fourth-order valence-corrected chi connectivity index (χ4v) is 1.93. The van der Waals surface area contributed by atoms with Gasteiger partial charge in [-0.2, -0.15) is 0 Å². The van der Waals surface area contributed by atoms with E-state index in [-0.39, 0.29) is 11.6 Å². The molecule has 1 aromatic rings. The maximum absolute atomic E-state index is 12.0. The van der Waals surface area contributed by atoms with Gasteiger partial charge in [-0.25, -0.2) is 0 Å². The molecule has 0 aliphatic carbocycles. The SMILES string of the molecule is N=C(Cc1ccccc1)C(=O)N1CCNCC1. The van der Waals surface area contributed by atoms with Gasteiger partial charge in [-0.1, -0.05) is 30.3 Å². The molecule has 1 heterocycles. The highest BCUT2D eigenvalue weighted by molar-refractivity contribution is 6.37. The van der Waals surface area contributed by atoms with Crippen molar-refractivity contribution in [1.29, 1.82) is 5.41 Å². The van der Waals surface area contributed by atoms with Crippen LogP contribution >= 0.6 is 0 Å². The van der Waals surface area contributed by atoms with Crippen molar-refractivity contribution in [2.24, 2.45) is 0 Å². The highest BCUT2D eigenvalue weighted by Gasteiger charge is 2.19. The molecule has 1 aromatic carbocycles. The molecule has 0 aromatic heterocycles. The summed E-state index contributed by atoms with van der Waals surface area (Å²) in [7, 11) is 0. The molecular weight excluding hydrogens is 214 g/mol. The summed E-state index contributed by atoms with van der Waals surface area (Å²) in [5, 5.41) is 11.1. The van der Waals surface area contributed by atoms with Crippen molar-refractivity contribution in [3.63, 3.8) is 0 Å². The zero-order valence-electron chi connectivity index (χ0n) is 9.78. The monoisotopic (exact) mass is 231 g/mol. The van der Waals surface area contributed by atoms with Crippen LogP contribution in [-0.4, -0.2) is 42.7 Å². The van der Waals surface area contributed by atoms with Crippen LogP contribution in [0.3, 0.4) is 0 Å². The number of piperazine rings is 1. The molecule has 4 nitrogen and oxygen atoms in total. The zero-order chi connectivity index (χ0) is 12.1. The number of nitrogens with one attached hydrogen (secondary N) is 2. The Balaban J connectivity index is 1.93. The molecule has 4 heteroatoms. The number of benzene rings is 1. The molecule has 0 atom stereocenters. The lowest BCUT2D eigenvalue weighted by molar-refractivity contribution is -0.124. The van der Waals surface area contributed by atoms with Gasteiger partial charge in [-0.15, -0.1) is 0 Å². The van der Waals surface area contributed by atoms with Gasteiger partial charge in [0.1, 0.15) is 5.71 Å². The van der Waals surface area contributed by atoms with E-state index in [9.17, 15) is 4.79 Å². The maximum atomic E-state index is 12.0. The fourth-order valence-electron chi connectivity index (χ4n) is 1.93. The molecule has 0 saturated carbocycles. The molecule has 0 radical (unpaired) electrons. The third-order valence-corrected chi connectivity index (χ3v) is 2.89. The fraction of sp³-hybridized carbons (Fsp3) is 0.385. The smallest absolute Gasteiger partial charge is 0.267 e. The van der Waals surface area contributed by atoms with E-state index in [1.807, 2.05) is 30.3 Å². The molecule has 2 N–H and O–H groups in total. The van der Waals surface area contributed by atoms with E-state index in [4.69, 9.17) is 5.41 Å². The highest BCUT2D eigenvalue weighted by Crippen LogP contribution is 2.03. The molecule has 0 spiro atoms. The first-order valence-corrected chi connectivity index (χ1v) is 5.89. The van der Waals surface area contributed by atoms with Gasteiger partial charge in [0.15, 0.2) is 0 Å². The van der Waals surface area contributed by atoms with E-state index < -0.39 is 0 Å². The lowest BCUT2D eigenvalue weighted by atomic mass is 10.1. The summed E-state index contributed by atoms with van der Waals surface area (Å²) < 4.78 is 0. The van der Waals surface area contributed by atoms with Crippen molar-refractivity contribution < 1.29 is 4.79 Å². The molecule has 90 valence electrons. The number of hydrogen-bond donors (Lipinski definition) is 2. The molecule has 1 aliphatic heterocycles. The lowest BCUT2D eigenvalue weighted by Gasteiger charge is -2.27. The first-order chi connectivity index (χ1) is 8.27. The number of nitrogens with zero attached hydrogens (tertiary/aromatic N) is 1. The van der Waals surface area contributed by atoms with Crippen LogP contribution in [0.5, 0.6) is 0 Å². The van der Waals surface area contributed by atoms with E-state index in [2.05, 4.69) is 5.32 Å². The van der Waals surface area contributed by atoms with Crippen molar-refractivity contribution in [1.82, 2.24) is 10.2 Å². The van der Waals surface area contributed by atoms with Crippen LogP contribution in [0.2, 0.25) is 0 Å². The Morgan fingerprint density at radius 1 is 1.24 bits per heavy atom. The van der Waals surface area contributed by atoms with Crippen LogP contribution in [0, 0.1) is 5.41 Å². The summed E-state index contributed by atoms with van der Waals surface area (Å²) >= 11 is 0. The van der Waals surface area contributed by atoms with Crippen molar-refractivity contribution in [3.8, 4) is 0 Å². The zero-order valence-corrected chi connectivity index (χ0v) is 9.78. The summed E-state index contributed by atoms with van der Waals surface area (Å²) in [6.07, 6.45) is 0.420. The van der Waals surface area contributed by atoms with E-state index >= 15 is 0 Å². The molecule has 1 amide bonds. The van der Waals surface area contributed by atoms with Crippen LogP contribution in [0.4, 0.5) is 0 Å². The van der Waals surface area contributed by atoms with E-state index in [0.29, 0.717) is 19.5 Å². The molecule has 1 fully saturated rings. The van der Waals surface area contributed by atoms with Gasteiger partial charge in [0.05, 0.1) is 0 Å². The summed E-state index contributed by atoms with van der Waals surface area (Å²) in [4.78, 5) is 13.7. The number of amides is 1. The second-order valence-corrected chi connectivity index (χ2v) is 4.18. The molecule has 2 rings (SSSR count).